The first-order valence-corrected chi connectivity index (χ1v) is 4.00. The minimum atomic E-state index is -0.0839. The van der Waals surface area contributed by atoms with E-state index < -0.39 is 0 Å². The predicted molar refractivity (Wildman–Crippen MR) is 43.0 cm³/mol. The highest BCUT2D eigenvalue weighted by atomic mass is 16.2. The van der Waals surface area contributed by atoms with Crippen molar-refractivity contribution in [3.05, 3.63) is 0 Å². The average Bonchev–Trinajstić information content (AvgIpc) is 2.05. The summed E-state index contributed by atoms with van der Waals surface area (Å²) in [5.41, 5.74) is 0. The van der Waals surface area contributed by atoms with Gasteiger partial charge in [-0.25, -0.2) is 0 Å². The first kappa shape index (κ1) is 10.1. The number of rotatable bonds is 3. The molecule has 0 aromatic carbocycles. The van der Waals surface area contributed by atoms with Crippen LogP contribution in [0.4, 0.5) is 0 Å². The second kappa shape index (κ2) is 4.88. The number of hydrogen-bond donors (Lipinski definition) is 0. The predicted octanol–water partition coefficient (Wildman–Crippen LogP) is 1.18. The lowest BCUT2D eigenvalue weighted by Crippen LogP contribution is -2.35. The lowest BCUT2D eigenvalue weighted by atomic mass is 10.3. The van der Waals surface area contributed by atoms with Crippen molar-refractivity contribution in [2.75, 3.05) is 6.54 Å². The Balaban J connectivity index is 4.15. The van der Waals surface area contributed by atoms with Gasteiger partial charge in [0.15, 0.2) is 0 Å². The van der Waals surface area contributed by atoms with E-state index in [9.17, 15) is 9.59 Å². The Labute approximate surface area is 67.4 Å². The standard InChI is InChI=1S/C8H15NO2/c1-4-7(10)9(6-3)8(11)5-2/h4-6H2,1-3H3. The monoisotopic (exact) mass is 157 g/mol. The van der Waals surface area contributed by atoms with Crippen molar-refractivity contribution in [2.24, 2.45) is 0 Å². The van der Waals surface area contributed by atoms with E-state index in [1.807, 2.05) is 0 Å². The molecule has 3 heteroatoms. The molecule has 0 saturated heterocycles. The van der Waals surface area contributed by atoms with Gasteiger partial charge in [-0.15, -0.1) is 0 Å². The largest absolute Gasteiger partial charge is 0.283 e. The molecule has 0 spiro atoms. The summed E-state index contributed by atoms with van der Waals surface area (Å²) in [7, 11) is 0. The quantitative estimate of drug-likeness (QED) is 0.617. The van der Waals surface area contributed by atoms with Gasteiger partial charge in [0.05, 0.1) is 0 Å². The Morgan fingerprint density at radius 1 is 1.00 bits per heavy atom. The summed E-state index contributed by atoms with van der Waals surface area (Å²) in [5.74, 6) is -0.168. The molecule has 0 rings (SSSR count). The number of nitrogens with zero attached hydrogens (tertiary/aromatic N) is 1. The number of hydrogen-bond acceptors (Lipinski definition) is 2. The van der Waals surface area contributed by atoms with Gasteiger partial charge in [0.1, 0.15) is 0 Å². The van der Waals surface area contributed by atoms with Crippen LogP contribution in [0.15, 0.2) is 0 Å². The van der Waals surface area contributed by atoms with Gasteiger partial charge in [0, 0.05) is 19.4 Å². The first-order valence-electron chi connectivity index (χ1n) is 4.00. The van der Waals surface area contributed by atoms with Gasteiger partial charge >= 0.3 is 0 Å². The molecule has 0 aliphatic rings. The molecule has 0 aliphatic carbocycles. The van der Waals surface area contributed by atoms with Crippen LogP contribution < -0.4 is 0 Å². The molecule has 0 aliphatic heterocycles. The number of carbonyl (C=O) groups excluding carboxylic acids is 2. The second-order valence-electron chi connectivity index (χ2n) is 2.24. The summed E-state index contributed by atoms with van der Waals surface area (Å²) in [6.07, 6.45) is 0.805. The molecule has 3 nitrogen and oxygen atoms in total. The Bertz CT molecular complexity index is 138. The zero-order valence-corrected chi connectivity index (χ0v) is 7.39. The SMILES string of the molecule is CCC(=O)N(CC)C(=O)CC. The van der Waals surface area contributed by atoms with E-state index in [1.165, 1.54) is 4.90 Å². The Morgan fingerprint density at radius 2 is 1.36 bits per heavy atom. The lowest BCUT2D eigenvalue weighted by molar-refractivity contribution is -0.144. The Morgan fingerprint density at radius 3 is 1.55 bits per heavy atom. The zero-order valence-electron chi connectivity index (χ0n) is 7.39. The van der Waals surface area contributed by atoms with Crippen molar-refractivity contribution in [1.82, 2.24) is 4.90 Å². The van der Waals surface area contributed by atoms with Crippen molar-refractivity contribution < 1.29 is 9.59 Å². The topological polar surface area (TPSA) is 37.4 Å². The van der Waals surface area contributed by atoms with E-state index in [1.54, 1.807) is 20.8 Å². The molecule has 0 saturated carbocycles. The van der Waals surface area contributed by atoms with Gasteiger partial charge in [-0.2, -0.15) is 0 Å². The fraction of sp³-hybridized carbons (Fsp3) is 0.750. The van der Waals surface area contributed by atoms with E-state index in [2.05, 4.69) is 0 Å². The normalized spacial score (nSPS) is 9.36. The molecular formula is C8H15NO2. The molecule has 0 fully saturated rings. The maximum absolute atomic E-state index is 11.0. The van der Waals surface area contributed by atoms with Gasteiger partial charge in [0.25, 0.3) is 0 Å². The smallest absolute Gasteiger partial charge is 0.228 e. The molecule has 2 amide bonds. The van der Waals surface area contributed by atoms with Crippen LogP contribution in [-0.4, -0.2) is 23.3 Å². The minimum Gasteiger partial charge on any atom is -0.283 e. The van der Waals surface area contributed by atoms with Crippen molar-refractivity contribution in [3.63, 3.8) is 0 Å². The van der Waals surface area contributed by atoms with Crippen LogP contribution in [0.2, 0.25) is 0 Å². The van der Waals surface area contributed by atoms with Gasteiger partial charge in [-0.3, -0.25) is 14.5 Å². The van der Waals surface area contributed by atoms with E-state index in [-0.39, 0.29) is 11.8 Å². The van der Waals surface area contributed by atoms with Crippen LogP contribution in [0.1, 0.15) is 33.6 Å². The second-order valence-corrected chi connectivity index (χ2v) is 2.24. The van der Waals surface area contributed by atoms with Crippen molar-refractivity contribution >= 4 is 11.8 Å². The summed E-state index contributed by atoms with van der Waals surface area (Å²) in [6, 6.07) is 0. The lowest BCUT2D eigenvalue weighted by Gasteiger charge is -2.16. The van der Waals surface area contributed by atoms with Crippen LogP contribution in [-0.2, 0) is 9.59 Å². The molecule has 0 aromatic rings. The molecule has 0 heterocycles. The van der Waals surface area contributed by atoms with Crippen LogP contribution in [0, 0.1) is 0 Å². The third-order valence-corrected chi connectivity index (χ3v) is 1.52. The number of imide groups is 1. The summed E-state index contributed by atoms with van der Waals surface area (Å²) in [5, 5.41) is 0. The number of amides is 2. The van der Waals surface area contributed by atoms with Crippen molar-refractivity contribution in [3.8, 4) is 0 Å². The third kappa shape index (κ3) is 2.70. The molecular weight excluding hydrogens is 142 g/mol. The van der Waals surface area contributed by atoms with Crippen LogP contribution >= 0.6 is 0 Å². The minimum absolute atomic E-state index is 0.0839. The highest BCUT2D eigenvalue weighted by molar-refractivity contribution is 5.94. The summed E-state index contributed by atoms with van der Waals surface area (Å²) < 4.78 is 0. The molecule has 0 aromatic heterocycles. The van der Waals surface area contributed by atoms with Crippen LogP contribution in [0.3, 0.4) is 0 Å². The van der Waals surface area contributed by atoms with Gasteiger partial charge in [-0.05, 0) is 6.92 Å². The third-order valence-electron chi connectivity index (χ3n) is 1.52. The Kier molecular flexibility index (Phi) is 4.50. The average molecular weight is 157 g/mol. The van der Waals surface area contributed by atoms with Gasteiger partial charge in [-0.1, -0.05) is 13.8 Å². The van der Waals surface area contributed by atoms with Crippen LogP contribution in [0.25, 0.3) is 0 Å². The van der Waals surface area contributed by atoms with E-state index in [4.69, 9.17) is 0 Å². The highest BCUT2D eigenvalue weighted by Gasteiger charge is 2.14. The van der Waals surface area contributed by atoms with Crippen molar-refractivity contribution in [2.45, 2.75) is 33.6 Å². The summed E-state index contributed by atoms with van der Waals surface area (Å²) >= 11 is 0. The van der Waals surface area contributed by atoms with E-state index in [0.29, 0.717) is 19.4 Å². The summed E-state index contributed by atoms with van der Waals surface area (Å²) in [4.78, 5) is 23.4. The zero-order chi connectivity index (χ0) is 8.85. The van der Waals surface area contributed by atoms with Crippen LogP contribution in [0.5, 0.6) is 0 Å². The fourth-order valence-electron chi connectivity index (χ4n) is 0.874. The fourth-order valence-corrected chi connectivity index (χ4v) is 0.874. The molecule has 0 N–H and O–H groups in total. The van der Waals surface area contributed by atoms with Gasteiger partial charge < -0.3 is 0 Å². The first-order chi connectivity index (χ1) is 5.17. The molecule has 0 unspecified atom stereocenters. The molecule has 0 radical (unpaired) electrons. The van der Waals surface area contributed by atoms with Crippen molar-refractivity contribution in [1.29, 1.82) is 0 Å². The molecule has 0 bridgehead atoms. The maximum atomic E-state index is 11.0. The molecule has 0 atom stereocenters. The van der Waals surface area contributed by atoms with E-state index in [0.717, 1.165) is 0 Å². The number of carbonyl (C=O) groups is 2. The van der Waals surface area contributed by atoms with Gasteiger partial charge in [0.2, 0.25) is 11.8 Å². The molecule has 11 heavy (non-hydrogen) atoms. The molecule has 64 valence electrons. The van der Waals surface area contributed by atoms with E-state index >= 15 is 0 Å². The highest BCUT2D eigenvalue weighted by Crippen LogP contribution is 1.96. The Hall–Kier alpha value is -0.860. The maximum Gasteiger partial charge on any atom is 0.228 e. The summed E-state index contributed by atoms with van der Waals surface area (Å²) in [6.45, 7) is 5.81.